The number of aliphatic hydroxyl groups is 1. The van der Waals surface area contributed by atoms with E-state index in [1.54, 1.807) is 25.3 Å². The monoisotopic (exact) mass is 399 g/mol. The Hall–Kier alpha value is -3.54. The number of hydrogen-bond acceptors (Lipinski definition) is 5. The Bertz CT molecular complexity index is 936. The van der Waals surface area contributed by atoms with E-state index in [-0.39, 0.29) is 18.3 Å². The highest BCUT2D eigenvalue weighted by molar-refractivity contribution is 6.03. The number of benzene rings is 1. The molecular weight excluding hydrogens is 376 g/mol. The van der Waals surface area contributed by atoms with Crippen molar-refractivity contribution < 1.29 is 13.9 Å². The van der Waals surface area contributed by atoms with E-state index in [0.717, 1.165) is 11.6 Å². The first-order chi connectivity index (χ1) is 14.0. The molecule has 2 aromatic rings. The van der Waals surface area contributed by atoms with Crippen LogP contribution in [0.1, 0.15) is 18.1 Å². The number of anilines is 1. The summed E-state index contributed by atoms with van der Waals surface area (Å²) < 4.78 is 27.2. The van der Waals surface area contributed by atoms with Gasteiger partial charge in [0.2, 0.25) is 0 Å². The van der Waals surface area contributed by atoms with Crippen LogP contribution in [0.2, 0.25) is 0 Å². The van der Waals surface area contributed by atoms with E-state index in [4.69, 9.17) is 11.6 Å². The van der Waals surface area contributed by atoms with Gasteiger partial charge in [0, 0.05) is 11.8 Å². The third-order valence-electron chi connectivity index (χ3n) is 3.76. The lowest BCUT2D eigenvalue weighted by molar-refractivity contribution is 0.282. The lowest BCUT2D eigenvalue weighted by Crippen LogP contribution is -2.32. The van der Waals surface area contributed by atoms with Gasteiger partial charge >= 0.3 is 0 Å². The predicted octanol–water partition coefficient (Wildman–Crippen LogP) is 3.01. The topological polar surface area (TPSA) is 110 Å². The van der Waals surface area contributed by atoms with Gasteiger partial charge in [-0.1, -0.05) is 30.3 Å². The number of rotatable bonds is 6. The fraction of sp³-hybridized carbons (Fsp3) is 0.143. The van der Waals surface area contributed by atoms with Crippen LogP contribution in [0.3, 0.4) is 0 Å². The summed E-state index contributed by atoms with van der Waals surface area (Å²) in [5, 5.41) is 9.51. The third-order valence-corrected chi connectivity index (χ3v) is 3.76. The molecule has 0 bridgehead atoms. The van der Waals surface area contributed by atoms with Crippen molar-refractivity contribution in [2.24, 2.45) is 10.8 Å². The molecule has 0 atom stereocenters. The number of allylic oxidation sites excluding steroid dienone is 3. The van der Waals surface area contributed by atoms with Crippen molar-refractivity contribution in [3.05, 3.63) is 71.5 Å². The molecule has 6 nitrogen and oxygen atoms in total. The maximum atomic E-state index is 13.7. The highest BCUT2D eigenvalue weighted by atomic mass is 19.2. The number of pyridine rings is 1. The summed E-state index contributed by atoms with van der Waals surface area (Å²) in [5.74, 6) is 3.63. The van der Waals surface area contributed by atoms with Crippen molar-refractivity contribution in [3.63, 3.8) is 0 Å². The molecule has 0 unspecified atom stereocenters. The Kier molecular flexibility index (Phi) is 9.74. The minimum atomic E-state index is -1.03. The summed E-state index contributed by atoms with van der Waals surface area (Å²) in [7, 11) is 0. The molecule has 0 fully saturated rings. The summed E-state index contributed by atoms with van der Waals surface area (Å²) in [6, 6.07) is 8.91. The Morgan fingerprint density at radius 1 is 1.31 bits per heavy atom. The number of hydrazine groups is 1. The summed E-state index contributed by atoms with van der Waals surface area (Å²) in [4.78, 5) is 8.08. The Morgan fingerprint density at radius 3 is 2.62 bits per heavy atom. The van der Waals surface area contributed by atoms with Gasteiger partial charge in [0.25, 0.3) is 0 Å². The molecule has 0 spiro atoms. The van der Waals surface area contributed by atoms with Gasteiger partial charge in [-0.25, -0.2) is 19.6 Å². The van der Waals surface area contributed by atoms with E-state index < -0.39 is 18.2 Å². The van der Waals surface area contributed by atoms with Gasteiger partial charge in [-0.15, -0.1) is 12.8 Å². The van der Waals surface area contributed by atoms with Crippen molar-refractivity contribution in [1.82, 2.24) is 10.4 Å². The number of aliphatic hydroxyl groups excluding tert-OH is 1. The summed E-state index contributed by atoms with van der Waals surface area (Å²) in [6.45, 7) is 0.879. The molecule has 0 aliphatic heterocycles. The largest absolute Gasteiger partial charge is 0.392 e. The quantitative estimate of drug-likeness (QED) is 0.149. The number of nitrogens with two attached hydrogens (primary N) is 2. The van der Waals surface area contributed by atoms with E-state index >= 15 is 0 Å². The molecular formula is C21H23F2N5O. The molecule has 0 saturated carbocycles. The molecule has 0 radical (unpaired) electrons. The molecule has 1 heterocycles. The van der Waals surface area contributed by atoms with E-state index in [9.17, 15) is 13.9 Å². The normalized spacial score (nSPS) is 12.2. The number of nitrogens with one attached hydrogen (secondary N) is 1. The van der Waals surface area contributed by atoms with Crippen LogP contribution in [0.4, 0.5) is 14.6 Å². The number of amidine groups is 1. The molecule has 1 aromatic carbocycles. The van der Waals surface area contributed by atoms with Crippen molar-refractivity contribution >= 4 is 11.7 Å². The van der Waals surface area contributed by atoms with Crippen LogP contribution in [-0.2, 0) is 6.61 Å². The molecule has 0 aliphatic rings. The number of aromatic nitrogens is 1. The molecule has 0 aliphatic carbocycles. The smallest absolute Gasteiger partial charge is 0.157 e. The first kappa shape index (κ1) is 23.5. The summed E-state index contributed by atoms with van der Waals surface area (Å²) in [6.07, 6.45) is 11.9. The maximum absolute atomic E-state index is 13.7. The lowest BCUT2D eigenvalue weighted by atomic mass is 10.00. The fourth-order valence-electron chi connectivity index (χ4n) is 2.42. The molecule has 8 heteroatoms. The number of nitrogen functional groups attached to an aromatic ring is 1. The van der Waals surface area contributed by atoms with Crippen molar-refractivity contribution in [3.8, 4) is 24.0 Å². The summed E-state index contributed by atoms with van der Waals surface area (Å²) in [5.41, 5.74) is 10.7. The number of halogens is 2. The van der Waals surface area contributed by atoms with Crippen LogP contribution in [0.25, 0.3) is 11.1 Å². The second-order valence-electron chi connectivity index (χ2n) is 5.53. The SMILES string of the molecule is C#C.C/C=C\C(F)=C(\F)CN=C(NN)c1cc(-c2ccccc2CO)cnc1N. The number of hydrogen-bond donors (Lipinski definition) is 4. The molecule has 2 rings (SSSR count). The van der Waals surface area contributed by atoms with Gasteiger partial charge in [0.05, 0.1) is 18.7 Å². The Labute approximate surface area is 168 Å². The summed E-state index contributed by atoms with van der Waals surface area (Å²) >= 11 is 0. The van der Waals surface area contributed by atoms with E-state index in [1.165, 1.54) is 6.08 Å². The third kappa shape index (κ3) is 6.24. The number of aliphatic imine (C=N–C) groups is 1. The Morgan fingerprint density at radius 2 is 2.00 bits per heavy atom. The molecule has 29 heavy (non-hydrogen) atoms. The van der Waals surface area contributed by atoms with Gasteiger partial charge in [0.15, 0.2) is 11.7 Å². The predicted molar refractivity (Wildman–Crippen MR) is 113 cm³/mol. The van der Waals surface area contributed by atoms with Crippen LogP contribution < -0.4 is 17.0 Å². The minimum absolute atomic E-state index is 0.0618. The minimum Gasteiger partial charge on any atom is -0.392 e. The van der Waals surface area contributed by atoms with E-state index in [1.807, 2.05) is 18.2 Å². The molecule has 1 aromatic heterocycles. The van der Waals surface area contributed by atoms with Gasteiger partial charge in [-0.2, -0.15) is 0 Å². The standard InChI is InChI=1S/C19H21F2N5O.C2H2/c1-2-5-16(20)17(21)10-25-19(26-23)15-8-13(9-24-18(15)22)14-7-4-3-6-12(14)11-27;1-2/h2-9,27H,10-11,23H2,1H3,(H2,22,24)(H,25,26);1-2H/b5-2-,17-16-;. The Balaban J connectivity index is 0.00000204. The zero-order valence-electron chi connectivity index (χ0n) is 15.9. The first-order valence-corrected chi connectivity index (χ1v) is 8.48. The maximum Gasteiger partial charge on any atom is 0.157 e. The highest BCUT2D eigenvalue weighted by Crippen LogP contribution is 2.26. The lowest BCUT2D eigenvalue weighted by Gasteiger charge is -2.12. The van der Waals surface area contributed by atoms with Crippen molar-refractivity contribution in [2.45, 2.75) is 13.5 Å². The average molecular weight is 399 g/mol. The van der Waals surface area contributed by atoms with E-state index in [2.05, 4.69) is 28.2 Å². The second-order valence-corrected chi connectivity index (χ2v) is 5.53. The van der Waals surface area contributed by atoms with Crippen LogP contribution in [0, 0.1) is 12.8 Å². The number of nitrogens with zero attached hydrogens (tertiary/aromatic N) is 2. The highest BCUT2D eigenvalue weighted by Gasteiger charge is 2.13. The van der Waals surface area contributed by atoms with Crippen LogP contribution >= 0.6 is 0 Å². The van der Waals surface area contributed by atoms with Gasteiger partial charge in [-0.3, -0.25) is 4.99 Å². The van der Waals surface area contributed by atoms with Crippen molar-refractivity contribution in [2.75, 3.05) is 12.3 Å². The van der Waals surface area contributed by atoms with E-state index in [0.29, 0.717) is 16.7 Å². The van der Waals surface area contributed by atoms with Crippen LogP contribution in [0.5, 0.6) is 0 Å². The molecule has 152 valence electrons. The molecule has 0 amide bonds. The van der Waals surface area contributed by atoms with Gasteiger partial charge in [-0.05, 0) is 30.2 Å². The van der Waals surface area contributed by atoms with Gasteiger partial charge < -0.3 is 16.3 Å². The molecule has 6 N–H and O–H groups in total. The molecule has 0 saturated heterocycles. The average Bonchev–Trinajstić information content (AvgIpc) is 2.76. The zero-order chi connectivity index (χ0) is 21.8. The van der Waals surface area contributed by atoms with Crippen molar-refractivity contribution in [1.29, 1.82) is 0 Å². The number of terminal acetylenes is 1. The van der Waals surface area contributed by atoms with Crippen LogP contribution in [0.15, 0.2) is 65.3 Å². The fourth-order valence-corrected chi connectivity index (χ4v) is 2.42. The second kappa shape index (κ2) is 12.0. The van der Waals surface area contributed by atoms with Crippen LogP contribution in [-0.4, -0.2) is 22.5 Å². The first-order valence-electron chi connectivity index (χ1n) is 8.48. The zero-order valence-corrected chi connectivity index (χ0v) is 15.9. The van der Waals surface area contributed by atoms with Gasteiger partial charge in [0.1, 0.15) is 11.7 Å².